The van der Waals surface area contributed by atoms with E-state index in [9.17, 15) is 8.42 Å². The van der Waals surface area contributed by atoms with Gasteiger partial charge in [0.25, 0.3) is 10.0 Å². The van der Waals surface area contributed by atoms with Gasteiger partial charge < -0.3 is 0 Å². The molecule has 3 rings (SSSR count). The third-order valence-corrected chi connectivity index (χ3v) is 4.18. The topological polar surface area (TPSA) is 89.8 Å². The van der Waals surface area contributed by atoms with Gasteiger partial charge in [-0.1, -0.05) is 18.2 Å². The Balaban J connectivity index is 1.83. The van der Waals surface area contributed by atoms with E-state index in [0.29, 0.717) is 5.69 Å². The predicted octanol–water partition coefficient (Wildman–Crippen LogP) is 1.46. The van der Waals surface area contributed by atoms with Crippen molar-refractivity contribution in [3.63, 3.8) is 0 Å². The number of anilines is 1. The summed E-state index contributed by atoms with van der Waals surface area (Å²) in [4.78, 5) is 0.217. The summed E-state index contributed by atoms with van der Waals surface area (Å²) in [5.41, 5.74) is 1.21. The first kappa shape index (κ1) is 13.3. The van der Waals surface area contributed by atoms with Gasteiger partial charge in [-0.2, -0.15) is 0 Å². The van der Waals surface area contributed by atoms with Crippen LogP contribution in [0, 0.1) is 0 Å². The van der Waals surface area contributed by atoms with Crippen molar-refractivity contribution < 1.29 is 8.42 Å². The maximum Gasteiger partial charge on any atom is 0.261 e. The lowest BCUT2D eigenvalue weighted by atomic mass is 10.3. The molecular formula is C13H11N5O2S. The second kappa shape index (κ2) is 5.33. The van der Waals surface area contributed by atoms with E-state index in [-0.39, 0.29) is 4.90 Å². The molecule has 0 saturated heterocycles. The Bertz CT molecular complexity index is 815. The van der Waals surface area contributed by atoms with Crippen LogP contribution in [0.5, 0.6) is 0 Å². The summed E-state index contributed by atoms with van der Waals surface area (Å²) in [6.07, 6.45) is 1.46. The first-order valence-electron chi connectivity index (χ1n) is 6.06. The van der Waals surface area contributed by atoms with Crippen molar-refractivity contribution in [2.24, 2.45) is 0 Å². The third kappa shape index (κ3) is 2.90. The molecule has 2 aromatic carbocycles. The first-order chi connectivity index (χ1) is 10.1. The van der Waals surface area contributed by atoms with E-state index in [1.807, 2.05) is 0 Å². The molecule has 0 aliphatic rings. The van der Waals surface area contributed by atoms with Crippen LogP contribution >= 0.6 is 0 Å². The predicted molar refractivity (Wildman–Crippen MR) is 76.4 cm³/mol. The standard InChI is InChI=1S/C13H11N5O2S/c19-21(20,13-4-2-1-3-5-13)15-11-6-8-12(9-7-11)18-10-14-16-17-18/h1-10,15H. The lowest BCUT2D eigenvalue weighted by Crippen LogP contribution is -2.12. The smallest absolute Gasteiger partial charge is 0.261 e. The molecule has 0 radical (unpaired) electrons. The van der Waals surface area contributed by atoms with E-state index in [1.165, 1.54) is 23.1 Å². The fourth-order valence-electron chi connectivity index (χ4n) is 1.78. The summed E-state index contributed by atoms with van der Waals surface area (Å²) in [5, 5.41) is 10.8. The molecule has 0 saturated carbocycles. The average molecular weight is 301 g/mol. The minimum atomic E-state index is -3.58. The fourth-order valence-corrected chi connectivity index (χ4v) is 2.86. The Morgan fingerprint density at radius 3 is 2.29 bits per heavy atom. The van der Waals surface area contributed by atoms with Crippen LogP contribution in [0.3, 0.4) is 0 Å². The first-order valence-corrected chi connectivity index (χ1v) is 7.55. The Morgan fingerprint density at radius 1 is 0.952 bits per heavy atom. The third-order valence-electron chi connectivity index (χ3n) is 2.79. The number of hydrogen-bond acceptors (Lipinski definition) is 5. The second-order valence-corrected chi connectivity index (χ2v) is 5.90. The molecule has 0 aliphatic carbocycles. The van der Waals surface area contributed by atoms with Gasteiger partial charge in [-0.3, -0.25) is 4.72 Å². The molecule has 7 nitrogen and oxygen atoms in total. The molecule has 0 amide bonds. The van der Waals surface area contributed by atoms with Crippen molar-refractivity contribution in [1.82, 2.24) is 20.2 Å². The van der Waals surface area contributed by atoms with Crippen LogP contribution in [0.4, 0.5) is 5.69 Å². The number of nitrogens with one attached hydrogen (secondary N) is 1. The number of tetrazole rings is 1. The Kier molecular flexibility index (Phi) is 3.36. The molecule has 0 atom stereocenters. The molecule has 1 aromatic heterocycles. The van der Waals surface area contributed by atoms with Gasteiger partial charge in [0.05, 0.1) is 10.6 Å². The van der Waals surface area contributed by atoms with E-state index in [4.69, 9.17) is 0 Å². The maximum absolute atomic E-state index is 12.2. The number of rotatable bonds is 4. The highest BCUT2D eigenvalue weighted by Gasteiger charge is 2.13. The van der Waals surface area contributed by atoms with Crippen LogP contribution in [0.2, 0.25) is 0 Å². The van der Waals surface area contributed by atoms with Gasteiger partial charge in [-0.05, 0) is 46.8 Å². The van der Waals surface area contributed by atoms with Gasteiger partial charge in [-0.15, -0.1) is 5.10 Å². The van der Waals surface area contributed by atoms with Gasteiger partial charge in [-0.25, -0.2) is 13.1 Å². The van der Waals surface area contributed by atoms with Crippen LogP contribution in [0.25, 0.3) is 5.69 Å². The lowest BCUT2D eigenvalue weighted by molar-refractivity contribution is 0.601. The average Bonchev–Trinajstić information content (AvgIpc) is 3.03. The molecule has 1 heterocycles. The Hall–Kier alpha value is -2.74. The quantitative estimate of drug-likeness (QED) is 0.788. The molecule has 1 N–H and O–H groups in total. The summed E-state index contributed by atoms with van der Waals surface area (Å²) in [5.74, 6) is 0. The van der Waals surface area contributed by atoms with Gasteiger partial charge in [0.2, 0.25) is 0 Å². The van der Waals surface area contributed by atoms with Gasteiger partial charge in [0.1, 0.15) is 6.33 Å². The highest BCUT2D eigenvalue weighted by atomic mass is 32.2. The van der Waals surface area contributed by atoms with Crippen LogP contribution in [-0.2, 0) is 10.0 Å². The monoisotopic (exact) mass is 301 g/mol. The molecule has 0 spiro atoms. The van der Waals surface area contributed by atoms with Crippen LogP contribution in [0.1, 0.15) is 0 Å². The second-order valence-electron chi connectivity index (χ2n) is 4.22. The molecule has 0 unspecified atom stereocenters. The lowest BCUT2D eigenvalue weighted by Gasteiger charge is -2.08. The Morgan fingerprint density at radius 2 is 1.67 bits per heavy atom. The largest absolute Gasteiger partial charge is 0.280 e. The zero-order valence-electron chi connectivity index (χ0n) is 10.8. The van der Waals surface area contributed by atoms with Crippen molar-refractivity contribution in [2.45, 2.75) is 4.90 Å². The highest BCUT2D eigenvalue weighted by molar-refractivity contribution is 7.92. The van der Waals surface area contributed by atoms with E-state index in [0.717, 1.165) is 5.69 Å². The van der Waals surface area contributed by atoms with E-state index in [2.05, 4.69) is 20.2 Å². The number of nitrogens with zero attached hydrogens (tertiary/aromatic N) is 4. The summed E-state index contributed by atoms with van der Waals surface area (Å²) in [6.45, 7) is 0. The van der Waals surface area contributed by atoms with Crippen molar-refractivity contribution in [3.05, 3.63) is 60.9 Å². The summed E-state index contributed by atoms with van der Waals surface area (Å²) < 4.78 is 28.3. The molecule has 8 heteroatoms. The molecule has 106 valence electrons. The molecular weight excluding hydrogens is 290 g/mol. The van der Waals surface area contributed by atoms with Crippen molar-refractivity contribution in [2.75, 3.05) is 4.72 Å². The molecule has 0 bridgehead atoms. The van der Waals surface area contributed by atoms with Gasteiger partial charge in [0, 0.05) is 5.69 Å². The molecule has 0 fully saturated rings. The molecule has 21 heavy (non-hydrogen) atoms. The van der Waals surface area contributed by atoms with Crippen LogP contribution < -0.4 is 4.72 Å². The summed E-state index contributed by atoms with van der Waals surface area (Å²) in [6, 6.07) is 14.9. The van der Waals surface area contributed by atoms with E-state index < -0.39 is 10.0 Å². The SMILES string of the molecule is O=S(=O)(Nc1ccc(-n2cnnn2)cc1)c1ccccc1. The van der Waals surface area contributed by atoms with Crippen molar-refractivity contribution in [3.8, 4) is 5.69 Å². The minimum Gasteiger partial charge on any atom is -0.280 e. The van der Waals surface area contributed by atoms with E-state index >= 15 is 0 Å². The normalized spacial score (nSPS) is 11.2. The number of hydrogen-bond donors (Lipinski definition) is 1. The van der Waals surface area contributed by atoms with Crippen LogP contribution in [-0.4, -0.2) is 28.6 Å². The molecule has 3 aromatic rings. The fraction of sp³-hybridized carbons (Fsp3) is 0. The van der Waals surface area contributed by atoms with Crippen molar-refractivity contribution in [1.29, 1.82) is 0 Å². The zero-order chi connectivity index (χ0) is 14.7. The minimum absolute atomic E-state index is 0.217. The summed E-state index contributed by atoms with van der Waals surface area (Å²) in [7, 11) is -3.58. The summed E-state index contributed by atoms with van der Waals surface area (Å²) >= 11 is 0. The zero-order valence-corrected chi connectivity index (χ0v) is 11.6. The molecule has 0 aliphatic heterocycles. The maximum atomic E-state index is 12.2. The van der Waals surface area contributed by atoms with Crippen molar-refractivity contribution >= 4 is 15.7 Å². The van der Waals surface area contributed by atoms with Gasteiger partial charge in [0.15, 0.2) is 0 Å². The van der Waals surface area contributed by atoms with Gasteiger partial charge >= 0.3 is 0 Å². The Labute approximate surface area is 121 Å². The number of sulfonamides is 1. The number of aromatic nitrogens is 4. The van der Waals surface area contributed by atoms with Crippen LogP contribution in [0.15, 0.2) is 65.8 Å². The van der Waals surface area contributed by atoms with E-state index in [1.54, 1.807) is 42.5 Å². The number of benzene rings is 2. The highest BCUT2D eigenvalue weighted by Crippen LogP contribution is 2.17.